The number of ether oxygens (including phenoxy) is 1. The minimum Gasteiger partial charge on any atom is -0.406 e. The lowest BCUT2D eigenvalue weighted by atomic mass is 9.95. The summed E-state index contributed by atoms with van der Waals surface area (Å²) in [5.41, 5.74) is 6.60. The molecule has 0 aliphatic heterocycles. The highest BCUT2D eigenvalue weighted by Gasteiger charge is 2.45. The van der Waals surface area contributed by atoms with E-state index in [0.29, 0.717) is 17.8 Å². The van der Waals surface area contributed by atoms with Gasteiger partial charge in [0.05, 0.1) is 6.54 Å². The van der Waals surface area contributed by atoms with E-state index in [0.717, 1.165) is 12.8 Å². The summed E-state index contributed by atoms with van der Waals surface area (Å²) in [6.45, 7) is 0.335. The van der Waals surface area contributed by atoms with Gasteiger partial charge >= 0.3 is 6.36 Å². The van der Waals surface area contributed by atoms with Crippen molar-refractivity contribution in [3.63, 3.8) is 0 Å². The number of guanidine groups is 1. The van der Waals surface area contributed by atoms with Gasteiger partial charge in [0, 0.05) is 11.1 Å². The summed E-state index contributed by atoms with van der Waals surface area (Å²) in [6, 6.07) is 11.7. The van der Waals surface area contributed by atoms with Gasteiger partial charge in [-0.05, 0) is 48.7 Å². The first kappa shape index (κ1) is 21.3. The molecule has 1 fully saturated rings. The Kier molecular flexibility index (Phi) is 6.55. The van der Waals surface area contributed by atoms with Gasteiger partial charge in [0.1, 0.15) is 11.6 Å². The van der Waals surface area contributed by atoms with Crippen LogP contribution in [0.5, 0.6) is 5.75 Å². The smallest absolute Gasteiger partial charge is 0.406 e. The summed E-state index contributed by atoms with van der Waals surface area (Å²) in [5.74, 6) is -0.473. The summed E-state index contributed by atoms with van der Waals surface area (Å²) < 4.78 is 54.2. The van der Waals surface area contributed by atoms with Gasteiger partial charge in [0.15, 0.2) is 5.96 Å². The lowest BCUT2D eigenvalue weighted by Crippen LogP contribution is -2.25. The lowest BCUT2D eigenvalue weighted by molar-refractivity contribution is -0.274. The summed E-state index contributed by atoms with van der Waals surface area (Å²) in [4.78, 5) is 4.26. The van der Waals surface area contributed by atoms with Crippen molar-refractivity contribution in [3.05, 3.63) is 59.9 Å². The average Bonchev–Trinajstić information content (AvgIpc) is 3.35. The molecule has 3 rings (SSSR count). The van der Waals surface area contributed by atoms with Crippen molar-refractivity contribution in [2.45, 2.75) is 24.6 Å². The van der Waals surface area contributed by atoms with E-state index in [1.54, 1.807) is 18.2 Å². The molecule has 9 heteroatoms. The number of anilines is 1. The maximum atomic E-state index is 14.0. The molecule has 0 radical (unpaired) electrons. The van der Waals surface area contributed by atoms with Crippen LogP contribution in [0.25, 0.3) is 0 Å². The Morgan fingerprint density at radius 2 is 1.74 bits per heavy atom. The van der Waals surface area contributed by atoms with E-state index in [4.69, 9.17) is 5.73 Å². The van der Waals surface area contributed by atoms with Gasteiger partial charge in [-0.1, -0.05) is 18.2 Å². The molecule has 0 unspecified atom stereocenters. The molecule has 0 amide bonds. The molecule has 2 aromatic rings. The summed E-state index contributed by atoms with van der Waals surface area (Å²) in [6.07, 6.45) is -3.08. The number of hydrogen-bond donors (Lipinski definition) is 2. The average molecular weight is 495 g/mol. The third kappa shape index (κ3) is 5.72. The second-order valence-electron chi connectivity index (χ2n) is 6.16. The highest BCUT2D eigenvalue weighted by Crippen LogP contribution is 2.49. The molecule has 0 bridgehead atoms. The van der Waals surface area contributed by atoms with Crippen molar-refractivity contribution < 1.29 is 22.3 Å². The molecule has 4 nitrogen and oxygen atoms in total. The number of nitrogens with two attached hydrogens (primary N) is 1. The zero-order valence-electron chi connectivity index (χ0n) is 14.1. The third-order valence-corrected chi connectivity index (χ3v) is 4.21. The lowest BCUT2D eigenvalue weighted by Gasteiger charge is -2.15. The van der Waals surface area contributed by atoms with Gasteiger partial charge in [-0.3, -0.25) is 4.99 Å². The molecular weight excluding hydrogens is 477 g/mol. The summed E-state index contributed by atoms with van der Waals surface area (Å²) >= 11 is 0. The van der Waals surface area contributed by atoms with Crippen LogP contribution in [0.4, 0.5) is 23.2 Å². The van der Waals surface area contributed by atoms with Crippen LogP contribution in [0.1, 0.15) is 18.4 Å². The van der Waals surface area contributed by atoms with E-state index in [9.17, 15) is 17.6 Å². The van der Waals surface area contributed by atoms with E-state index < -0.39 is 6.36 Å². The first-order chi connectivity index (χ1) is 12.3. The highest BCUT2D eigenvalue weighted by molar-refractivity contribution is 14.0. The van der Waals surface area contributed by atoms with Crippen molar-refractivity contribution in [2.75, 3.05) is 11.9 Å². The Morgan fingerprint density at radius 3 is 2.30 bits per heavy atom. The molecule has 146 valence electrons. The van der Waals surface area contributed by atoms with E-state index >= 15 is 0 Å². The van der Waals surface area contributed by atoms with Crippen LogP contribution in [0.2, 0.25) is 0 Å². The number of benzene rings is 2. The first-order valence-electron chi connectivity index (χ1n) is 7.95. The summed E-state index contributed by atoms with van der Waals surface area (Å²) in [7, 11) is 0. The van der Waals surface area contributed by atoms with Crippen molar-refractivity contribution in [2.24, 2.45) is 10.7 Å². The highest BCUT2D eigenvalue weighted by atomic mass is 127. The van der Waals surface area contributed by atoms with Crippen molar-refractivity contribution in [1.29, 1.82) is 0 Å². The Morgan fingerprint density at radius 1 is 1.11 bits per heavy atom. The molecule has 1 aliphatic rings. The predicted octanol–water partition coefficient (Wildman–Crippen LogP) is 4.80. The molecule has 3 N–H and O–H groups in total. The second-order valence-corrected chi connectivity index (χ2v) is 6.16. The van der Waals surface area contributed by atoms with E-state index in [2.05, 4.69) is 15.0 Å². The zero-order valence-corrected chi connectivity index (χ0v) is 16.4. The number of nitrogens with one attached hydrogen (secondary N) is 1. The standard InChI is InChI=1S/C18H17F4N3O.HI/c19-15-4-2-1-3-14(15)17(9-10-17)11-24-16(23)25-12-5-7-13(8-6-12)26-18(20,21)22;/h1-8H,9-11H2,(H3,23,24,25);1H. The van der Waals surface area contributed by atoms with Crippen LogP contribution in [0.3, 0.4) is 0 Å². The van der Waals surface area contributed by atoms with Crippen molar-refractivity contribution in [3.8, 4) is 5.75 Å². The van der Waals surface area contributed by atoms with Crippen molar-refractivity contribution >= 4 is 35.6 Å². The van der Waals surface area contributed by atoms with Gasteiger partial charge in [-0.15, -0.1) is 37.1 Å². The Bertz CT molecular complexity index is 805. The Balaban J connectivity index is 0.00000261. The van der Waals surface area contributed by atoms with E-state index in [1.165, 1.54) is 30.3 Å². The molecule has 27 heavy (non-hydrogen) atoms. The second kappa shape index (κ2) is 8.32. The Labute approximate surface area is 170 Å². The minimum atomic E-state index is -4.74. The van der Waals surface area contributed by atoms with Gasteiger partial charge < -0.3 is 15.8 Å². The summed E-state index contributed by atoms with van der Waals surface area (Å²) in [5, 5.41) is 2.80. The number of rotatable bonds is 5. The number of nitrogens with zero attached hydrogens (tertiary/aromatic N) is 1. The maximum absolute atomic E-state index is 14.0. The Hall–Kier alpha value is -2.04. The molecule has 0 heterocycles. The fourth-order valence-corrected chi connectivity index (χ4v) is 2.72. The number of hydrogen-bond acceptors (Lipinski definition) is 2. The molecule has 0 spiro atoms. The quantitative estimate of drug-likeness (QED) is 0.271. The molecular formula is C18H18F4IN3O. The molecule has 0 atom stereocenters. The van der Waals surface area contributed by atoms with E-state index in [-0.39, 0.29) is 46.9 Å². The van der Waals surface area contributed by atoms with Gasteiger partial charge in [0.25, 0.3) is 0 Å². The van der Waals surface area contributed by atoms with Crippen LogP contribution in [0.15, 0.2) is 53.5 Å². The van der Waals surface area contributed by atoms with E-state index in [1.807, 2.05) is 0 Å². The van der Waals surface area contributed by atoms with Crippen LogP contribution in [0, 0.1) is 5.82 Å². The van der Waals surface area contributed by atoms with Crippen LogP contribution in [-0.2, 0) is 5.41 Å². The largest absolute Gasteiger partial charge is 0.573 e. The molecule has 2 aromatic carbocycles. The van der Waals surface area contributed by atoms with Gasteiger partial charge in [0.2, 0.25) is 0 Å². The van der Waals surface area contributed by atoms with Crippen LogP contribution in [-0.4, -0.2) is 18.9 Å². The fraction of sp³-hybridized carbons (Fsp3) is 0.278. The fourth-order valence-electron chi connectivity index (χ4n) is 2.72. The monoisotopic (exact) mass is 495 g/mol. The zero-order chi connectivity index (χ0) is 18.8. The number of halogens is 5. The van der Waals surface area contributed by atoms with Gasteiger partial charge in [-0.25, -0.2) is 4.39 Å². The number of aliphatic imine (C=N–C) groups is 1. The maximum Gasteiger partial charge on any atom is 0.573 e. The number of alkyl halides is 3. The first-order valence-corrected chi connectivity index (χ1v) is 7.95. The molecule has 1 saturated carbocycles. The van der Waals surface area contributed by atoms with Crippen molar-refractivity contribution in [1.82, 2.24) is 0 Å². The molecule has 1 aliphatic carbocycles. The topological polar surface area (TPSA) is 59.6 Å². The SMILES string of the molecule is I.NC(=NCC1(c2ccccc2F)CC1)Nc1ccc(OC(F)(F)F)cc1. The van der Waals surface area contributed by atoms with Crippen LogP contribution < -0.4 is 15.8 Å². The normalized spacial score (nSPS) is 15.6. The molecule has 0 saturated heterocycles. The van der Waals surface area contributed by atoms with Crippen LogP contribution >= 0.6 is 24.0 Å². The predicted molar refractivity (Wildman–Crippen MR) is 106 cm³/mol. The minimum absolute atomic E-state index is 0. The molecule has 0 aromatic heterocycles. The third-order valence-electron chi connectivity index (χ3n) is 4.21. The van der Waals surface area contributed by atoms with Gasteiger partial charge in [-0.2, -0.15) is 0 Å².